The van der Waals surface area contributed by atoms with Crippen molar-refractivity contribution in [2.75, 3.05) is 7.11 Å². The monoisotopic (exact) mass is 180 g/mol. The molecule has 1 aromatic rings. The van der Waals surface area contributed by atoms with Crippen LogP contribution in [0, 0.1) is 0 Å². The molecule has 0 aliphatic rings. The van der Waals surface area contributed by atoms with Crippen LogP contribution in [0.5, 0.6) is 5.75 Å². The van der Waals surface area contributed by atoms with Crippen molar-refractivity contribution >= 4 is 5.78 Å². The van der Waals surface area contributed by atoms with E-state index in [1.165, 1.54) is 13.0 Å². The average Bonchev–Trinajstić information content (AvgIpc) is 2.08. The Labute approximate surface area is 77.0 Å². The Bertz CT molecular complexity index is 318. The SMILES string of the molecule is COCc1ccc(C(C)=O)cc1O. The Balaban J connectivity index is 2.98. The van der Waals surface area contributed by atoms with Gasteiger partial charge in [0.1, 0.15) is 5.75 Å². The molecule has 0 spiro atoms. The van der Waals surface area contributed by atoms with Gasteiger partial charge in [-0.1, -0.05) is 12.1 Å². The van der Waals surface area contributed by atoms with E-state index < -0.39 is 0 Å². The molecule has 1 aromatic carbocycles. The van der Waals surface area contributed by atoms with Gasteiger partial charge in [0.25, 0.3) is 0 Å². The first kappa shape index (κ1) is 9.74. The molecule has 0 saturated carbocycles. The molecule has 0 amide bonds. The highest BCUT2D eigenvalue weighted by Gasteiger charge is 2.04. The predicted octanol–water partition coefficient (Wildman–Crippen LogP) is 1.74. The predicted molar refractivity (Wildman–Crippen MR) is 48.8 cm³/mol. The van der Waals surface area contributed by atoms with Gasteiger partial charge in [0.15, 0.2) is 5.78 Å². The molecule has 0 unspecified atom stereocenters. The van der Waals surface area contributed by atoms with Gasteiger partial charge in [0.2, 0.25) is 0 Å². The van der Waals surface area contributed by atoms with E-state index in [9.17, 15) is 9.90 Å². The van der Waals surface area contributed by atoms with Gasteiger partial charge in [-0.25, -0.2) is 0 Å². The van der Waals surface area contributed by atoms with Crippen molar-refractivity contribution in [1.29, 1.82) is 0 Å². The third kappa shape index (κ3) is 2.29. The lowest BCUT2D eigenvalue weighted by Crippen LogP contribution is -1.94. The molecule has 0 radical (unpaired) electrons. The maximum absolute atomic E-state index is 10.9. The summed E-state index contributed by atoms with van der Waals surface area (Å²) in [5.41, 5.74) is 1.20. The van der Waals surface area contributed by atoms with E-state index >= 15 is 0 Å². The van der Waals surface area contributed by atoms with E-state index in [2.05, 4.69) is 0 Å². The zero-order valence-electron chi connectivity index (χ0n) is 7.70. The Kier molecular flexibility index (Phi) is 3.03. The first-order valence-corrected chi connectivity index (χ1v) is 3.97. The molecular formula is C10H12O3. The van der Waals surface area contributed by atoms with Crippen molar-refractivity contribution in [3.8, 4) is 5.75 Å². The number of ether oxygens (including phenoxy) is 1. The van der Waals surface area contributed by atoms with Crippen molar-refractivity contribution in [2.45, 2.75) is 13.5 Å². The van der Waals surface area contributed by atoms with Crippen molar-refractivity contribution in [3.05, 3.63) is 29.3 Å². The number of ketones is 1. The van der Waals surface area contributed by atoms with Gasteiger partial charge >= 0.3 is 0 Å². The molecule has 0 saturated heterocycles. The fourth-order valence-corrected chi connectivity index (χ4v) is 1.06. The van der Waals surface area contributed by atoms with E-state index in [4.69, 9.17) is 4.74 Å². The van der Waals surface area contributed by atoms with Crippen LogP contribution in [0.15, 0.2) is 18.2 Å². The smallest absolute Gasteiger partial charge is 0.159 e. The summed E-state index contributed by atoms with van der Waals surface area (Å²) in [7, 11) is 1.55. The zero-order valence-corrected chi connectivity index (χ0v) is 7.70. The Hall–Kier alpha value is -1.35. The van der Waals surface area contributed by atoms with E-state index in [1.807, 2.05) is 0 Å². The fourth-order valence-electron chi connectivity index (χ4n) is 1.06. The highest BCUT2D eigenvalue weighted by atomic mass is 16.5. The normalized spacial score (nSPS) is 10.0. The molecule has 3 nitrogen and oxygen atoms in total. The molecule has 0 atom stereocenters. The molecule has 0 fully saturated rings. The standard InChI is InChI=1S/C10H12O3/c1-7(11)8-3-4-9(6-13-2)10(12)5-8/h3-5,12H,6H2,1-2H3. The first-order valence-electron chi connectivity index (χ1n) is 3.97. The number of hydrogen-bond donors (Lipinski definition) is 1. The largest absolute Gasteiger partial charge is 0.508 e. The lowest BCUT2D eigenvalue weighted by molar-refractivity contribution is 0.101. The number of Topliss-reactive ketones (excluding diaryl/α,β-unsaturated/α-hetero) is 1. The number of phenols is 1. The molecule has 0 aromatic heterocycles. The van der Waals surface area contributed by atoms with Gasteiger partial charge in [0, 0.05) is 18.2 Å². The maximum atomic E-state index is 10.9. The molecular weight excluding hydrogens is 168 g/mol. The van der Waals surface area contributed by atoms with Crippen LogP contribution in [0.2, 0.25) is 0 Å². The number of aromatic hydroxyl groups is 1. The summed E-state index contributed by atoms with van der Waals surface area (Å²) in [4.78, 5) is 10.9. The minimum atomic E-state index is -0.0562. The summed E-state index contributed by atoms with van der Waals surface area (Å²) in [5, 5.41) is 9.44. The van der Waals surface area contributed by atoms with Gasteiger partial charge in [-0.3, -0.25) is 4.79 Å². The summed E-state index contributed by atoms with van der Waals surface area (Å²) in [6.07, 6.45) is 0. The first-order chi connectivity index (χ1) is 6.15. The van der Waals surface area contributed by atoms with Crippen molar-refractivity contribution < 1.29 is 14.6 Å². The molecule has 0 aliphatic carbocycles. The Morgan fingerprint density at radius 1 is 1.54 bits per heavy atom. The molecule has 3 heteroatoms. The van der Waals surface area contributed by atoms with Crippen LogP contribution in [-0.4, -0.2) is 18.0 Å². The number of phenolic OH excluding ortho intramolecular Hbond substituents is 1. The summed E-state index contributed by atoms with van der Waals surface area (Å²) < 4.78 is 4.86. The summed E-state index contributed by atoms with van der Waals surface area (Å²) in [5.74, 6) is 0.0498. The van der Waals surface area contributed by atoms with Crippen LogP contribution >= 0.6 is 0 Å². The van der Waals surface area contributed by atoms with Gasteiger partial charge in [-0.05, 0) is 13.0 Å². The van der Waals surface area contributed by atoms with Gasteiger partial charge < -0.3 is 9.84 Å². The second kappa shape index (κ2) is 4.05. The minimum absolute atomic E-state index is 0.0562. The molecule has 1 N–H and O–H groups in total. The molecule has 70 valence electrons. The number of carbonyl (C=O) groups excluding carboxylic acids is 1. The minimum Gasteiger partial charge on any atom is -0.508 e. The second-order valence-corrected chi connectivity index (χ2v) is 2.83. The quantitative estimate of drug-likeness (QED) is 0.721. The highest BCUT2D eigenvalue weighted by molar-refractivity contribution is 5.94. The van der Waals surface area contributed by atoms with Crippen LogP contribution in [0.1, 0.15) is 22.8 Å². The summed E-state index contributed by atoms with van der Waals surface area (Å²) in [6, 6.07) is 4.82. The third-order valence-electron chi connectivity index (χ3n) is 1.79. The lowest BCUT2D eigenvalue weighted by atomic mass is 10.1. The lowest BCUT2D eigenvalue weighted by Gasteiger charge is -2.04. The van der Waals surface area contributed by atoms with Gasteiger partial charge in [0.05, 0.1) is 6.61 Å². The van der Waals surface area contributed by atoms with E-state index in [-0.39, 0.29) is 11.5 Å². The van der Waals surface area contributed by atoms with Crippen molar-refractivity contribution in [2.24, 2.45) is 0 Å². The number of carbonyl (C=O) groups is 1. The molecule has 0 heterocycles. The summed E-state index contributed by atoms with van der Waals surface area (Å²) in [6.45, 7) is 1.81. The number of rotatable bonds is 3. The third-order valence-corrected chi connectivity index (χ3v) is 1.79. The molecule has 1 rings (SSSR count). The number of benzene rings is 1. The maximum Gasteiger partial charge on any atom is 0.159 e. The average molecular weight is 180 g/mol. The zero-order chi connectivity index (χ0) is 9.84. The van der Waals surface area contributed by atoms with Crippen molar-refractivity contribution in [1.82, 2.24) is 0 Å². The summed E-state index contributed by atoms with van der Waals surface area (Å²) >= 11 is 0. The molecule has 0 bridgehead atoms. The fraction of sp³-hybridized carbons (Fsp3) is 0.300. The highest BCUT2D eigenvalue weighted by Crippen LogP contribution is 2.19. The van der Waals surface area contributed by atoms with Gasteiger partial charge in [-0.2, -0.15) is 0 Å². The Morgan fingerprint density at radius 2 is 2.23 bits per heavy atom. The van der Waals surface area contributed by atoms with E-state index in [0.717, 1.165) is 0 Å². The van der Waals surface area contributed by atoms with Crippen LogP contribution in [0.3, 0.4) is 0 Å². The van der Waals surface area contributed by atoms with E-state index in [1.54, 1.807) is 19.2 Å². The van der Waals surface area contributed by atoms with E-state index in [0.29, 0.717) is 17.7 Å². The Morgan fingerprint density at radius 3 is 2.69 bits per heavy atom. The van der Waals surface area contributed by atoms with Crippen LogP contribution in [0.25, 0.3) is 0 Å². The number of hydrogen-bond acceptors (Lipinski definition) is 3. The molecule has 0 aliphatic heterocycles. The molecule has 13 heavy (non-hydrogen) atoms. The topological polar surface area (TPSA) is 46.5 Å². The van der Waals surface area contributed by atoms with Crippen LogP contribution in [0.4, 0.5) is 0 Å². The van der Waals surface area contributed by atoms with Crippen molar-refractivity contribution in [3.63, 3.8) is 0 Å². The van der Waals surface area contributed by atoms with Crippen LogP contribution < -0.4 is 0 Å². The number of methoxy groups -OCH3 is 1. The van der Waals surface area contributed by atoms with Gasteiger partial charge in [-0.15, -0.1) is 0 Å². The van der Waals surface area contributed by atoms with Crippen LogP contribution in [-0.2, 0) is 11.3 Å². The second-order valence-electron chi connectivity index (χ2n) is 2.83.